The fraction of sp³-hybridized carbons (Fsp3) is 0.143. The molecular weight excluding hydrogens is 196 g/mol. The van der Waals surface area contributed by atoms with E-state index in [1.54, 1.807) is 12.4 Å². The molecule has 0 N–H and O–H groups in total. The van der Waals surface area contributed by atoms with Gasteiger partial charge in [-0.05, 0) is 38.1 Å². The molecule has 0 amide bonds. The van der Waals surface area contributed by atoms with Gasteiger partial charge in [0.05, 0.1) is 11.4 Å². The fourth-order valence-corrected chi connectivity index (χ4v) is 1.10. The molecule has 0 atom stereocenters. The quantitative estimate of drug-likeness (QED) is 0.667. The number of hydrogen-bond donors (Lipinski definition) is 0. The topological polar surface area (TPSA) is 24.7 Å². The second kappa shape index (κ2) is 7.35. The number of rotatable bonds is 4. The van der Waals surface area contributed by atoms with Crippen LogP contribution in [0.1, 0.15) is 13.8 Å². The minimum atomic E-state index is 0.876. The summed E-state index contributed by atoms with van der Waals surface area (Å²) in [7, 11) is 0. The molecule has 0 aliphatic heterocycles. The number of allylic oxidation sites excluding steroid dienone is 4. The van der Waals surface area contributed by atoms with Crippen molar-refractivity contribution in [2.24, 2.45) is 9.98 Å². The van der Waals surface area contributed by atoms with Crippen molar-refractivity contribution in [2.45, 2.75) is 13.8 Å². The molecule has 82 valence electrons. The minimum Gasteiger partial charge on any atom is -0.255 e. The Bertz CT molecular complexity index is 385. The number of aliphatic imine (C=N–C) groups is 2. The third-order valence-electron chi connectivity index (χ3n) is 1.87. The lowest BCUT2D eigenvalue weighted by Crippen LogP contribution is -1.71. The Hall–Kier alpha value is -1.96. The molecule has 0 saturated heterocycles. The van der Waals surface area contributed by atoms with Crippen molar-refractivity contribution < 1.29 is 0 Å². The van der Waals surface area contributed by atoms with Crippen molar-refractivity contribution >= 4 is 23.8 Å². The molecule has 0 saturated carbocycles. The third kappa shape index (κ3) is 4.05. The van der Waals surface area contributed by atoms with E-state index < -0.39 is 0 Å². The molecule has 1 rings (SSSR count). The number of para-hydroxylation sites is 2. The van der Waals surface area contributed by atoms with Gasteiger partial charge in [0.25, 0.3) is 0 Å². The summed E-state index contributed by atoms with van der Waals surface area (Å²) < 4.78 is 0. The molecular formula is C14H16N2. The zero-order valence-corrected chi connectivity index (χ0v) is 9.67. The molecule has 0 unspecified atom stereocenters. The molecule has 0 radical (unpaired) electrons. The first kappa shape index (κ1) is 12.1. The van der Waals surface area contributed by atoms with Gasteiger partial charge in [-0.15, -0.1) is 0 Å². The molecule has 2 nitrogen and oxygen atoms in total. The molecule has 1 aromatic carbocycles. The van der Waals surface area contributed by atoms with E-state index in [1.807, 2.05) is 62.4 Å². The largest absolute Gasteiger partial charge is 0.255 e. The van der Waals surface area contributed by atoms with Crippen molar-refractivity contribution in [1.29, 1.82) is 0 Å². The highest BCUT2D eigenvalue weighted by atomic mass is 14.8. The molecule has 2 heteroatoms. The molecule has 0 aliphatic carbocycles. The van der Waals surface area contributed by atoms with Crippen molar-refractivity contribution in [3.8, 4) is 0 Å². The average molecular weight is 212 g/mol. The molecule has 0 heterocycles. The van der Waals surface area contributed by atoms with E-state index in [2.05, 4.69) is 9.98 Å². The molecule has 0 fully saturated rings. The average Bonchev–Trinajstić information content (AvgIpc) is 2.32. The van der Waals surface area contributed by atoms with Gasteiger partial charge in [-0.25, -0.2) is 0 Å². The zero-order valence-electron chi connectivity index (χ0n) is 9.67. The predicted molar refractivity (Wildman–Crippen MR) is 72.4 cm³/mol. The predicted octanol–water partition coefficient (Wildman–Crippen LogP) is 4.24. The summed E-state index contributed by atoms with van der Waals surface area (Å²) in [6.45, 7) is 3.92. The highest BCUT2D eigenvalue weighted by molar-refractivity contribution is 5.81. The first-order chi connectivity index (χ1) is 7.88. The molecule has 0 aromatic heterocycles. The van der Waals surface area contributed by atoms with Crippen LogP contribution in [0.4, 0.5) is 11.4 Å². The Kier molecular flexibility index (Phi) is 5.56. The van der Waals surface area contributed by atoms with Crippen molar-refractivity contribution in [1.82, 2.24) is 0 Å². The molecule has 0 spiro atoms. The van der Waals surface area contributed by atoms with Crippen molar-refractivity contribution in [3.63, 3.8) is 0 Å². The lowest BCUT2D eigenvalue weighted by Gasteiger charge is -1.97. The lowest BCUT2D eigenvalue weighted by molar-refractivity contribution is 1.46. The number of hydrogen-bond acceptors (Lipinski definition) is 2. The van der Waals surface area contributed by atoms with Crippen molar-refractivity contribution in [2.75, 3.05) is 0 Å². The smallest absolute Gasteiger partial charge is 0.0886 e. The van der Waals surface area contributed by atoms with Crippen molar-refractivity contribution in [3.05, 3.63) is 48.6 Å². The molecule has 16 heavy (non-hydrogen) atoms. The SMILES string of the molecule is CC=CC=Nc1ccccc1N=CC=CC. The summed E-state index contributed by atoms with van der Waals surface area (Å²) in [6.07, 6.45) is 11.2. The first-order valence-electron chi connectivity index (χ1n) is 5.28. The van der Waals surface area contributed by atoms with E-state index in [0.717, 1.165) is 11.4 Å². The fourth-order valence-electron chi connectivity index (χ4n) is 1.10. The Morgan fingerprint density at radius 1 is 0.812 bits per heavy atom. The summed E-state index contributed by atoms with van der Waals surface area (Å²) >= 11 is 0. The third-order valence-corrected chi connectivity index (χ3v) is 1.87. The van der Waals surface area contributed by atoms with Gasteiger partial charge < -0.3 is 0 Å². The number of benzene rings is 1. The van der Waals surface area contributed by atoms with Crippen LogP contribution >= 0.6 is 0 Å². The van der Waals surface area contributed by atoms with Crippen LogP contribution < -0.4 is 0 Å². The van der Waals surface area contributed by atoms with E-state index in [0.29, 0.717) is 0 Å². The van der Waals surface area contributed by atoms with Gasteiger partial charge in [-0.1, -0.05) is 24.3 Å². The van der Waals surface area contributed by atoms with Gasteiger partial charge in [0.15, 0.2) is 0 Å². The Labute approximate surface area is 96.8 Å². The Morgan fingerprint density at radius 3 is 1.62 bits per heavy atom. The van der Waals surface area contributed by atoms with Crippen LogP contribution in [0.2, 0.25) is 0 Å². The van der Waals surface area contributed by atoms with Gasteiger partial charge in [-0.2, -0.15) is 0 Å². The van der Waals surface area contributed by atoms with Crippen LogP contribution in [0.25, 0.3) is 0 Å². The second-order valence-corrected chi connectivity index (χ2v) is 3.10. The Morgan fingerprint density at radius 2 is 1.25 bits per heavy atom. The maximum absolute atomic E-state index is 4.33. The molecule has 1 aromatic rings. The summed E-state index contributed by atoms with van der Waals surface area (Å²) in [5, 5.41) is 0. The van der Waals surface area contributed by atoms with Crippen LogP contribution in [0, 0.1) is 0 Å². The van der Waals surface area contributed by atoms with Gasteiger partial charge >= 0.3 is 0 Å². The standard InChI is InChI=1S/C14H16N2/c1-3-5-11-15-13-9-7-8-10-14(13)16-12-6-4-2/h3-12H,1-2H3. The van der Waals surface area contributed by atoms with E-state index >= 15 is 0 Å². The zero-order chi connectivity index (χ0) is 11.6. The second-order valence-electron chi connectivity index (χ2n) is 3.10. The minimum absolute atomic E-state index is 0.876. The summed E-state index contributed by atoms with van der Waals surface area (Å²) in [5.74, 6) is 0. The summed E-state index contributed by atoms with van der Waals surface area (Å²) in [4.78, 5) is 8.65. The Balaban J connectivity index is 2.91. The maximum Gasteiger partial charge on any atom is 0.0886 e. The summed E-state index contributed by atoms with van der Waals surface area (Å²) in [6, 6.07) is 7.80. The molecule has 0 aliphatic rings. The lowest BCUT2D eigenvalue weighted by atomic mass is 10.3. The van der Waals surface area contributed by atoms with Gasteiger partial charge in [0.1, 0.15) is 0 Å². The van der Waals surface area contributed by atoms with Crippen LogP contribution in [0.3, 0.4) is 0 Å². The normalized spacial score (nSPS) is 12.6. The van der Waals surface area contributed by atoms with E-state index in [9.17, 15) is 0 Å². The highest BCUT2D eigenvalue weighted by Gasteiger charge is 1.94. The van der Waals surface area contributed by atoms with Gasteiger partial charge in [0.2, 0.25) is 0 Å². The maximum atomic E-state index is 4.33. The van der Waals surface area contributed by atoms with Gasteiger partial charge in [-0.3, -0.25) is 9.98 Å². The van der Waals surface area contributed by atoms with Crippen LogP contribution in [0.15, 0.2) is 58.6 Å². The monoisotopic (exact) mass is 212 g/mol. The van der Waals surface area contributed by atoms with Crippen LogP contribution in [-0.2, 0) is 0 Å². The van der Waals surface area contributed by atoms with Crippen LogP contribution in [0.5, 0.6) is 0 Å². The van der Waals surface area contributed by atoms with Gasteiger partial charge in [0, 0.05) is 12.4 Å². The van der Waals surface area contributed by atoms with E-state index in [-0.39, 0.29) is 0 Å². The van der Waals surface area contributed by atoms with Crippen LogP contribution in [-0.4, -0.2) is 12.4 Å². The highest BCUT2D eigenvalue weighted by Crippen LogP contribution is 2.26. The van der Waals surface area contributed by atoms with E-state index in [1.165, 1.54) is 0 Å². The number of nitrogens with zero attached hydrogens (tertiary/aromatic N) is 2. The molecule has 0 bridgehead atoms. The summed E-state index contributed by atoms with van der Waals surface area (Å²) in [5.41, 5.74) is 1.75. The first-order valence-corrected chi connectivity index (χ1v) is 5.28. The van der Waals surface area contributed by atoms with E-state index in [4.69, 9.17) is 0 Å².